The van der Waals surface area contributed by atoms with Gasteiger partial charge in [-0.15, -0.1) is 0 Å². The van der Waals surface area contributed by atoms with Crippen LogP contribution in [0.25, 0.3) is 0 Å². The molecule has 0 bridgehead atoms. The fourth-order valence-corrected chi connectivity index (χ4v) is 3.60. The molecule has 1 unspecified atom stereocenters. The van der Waals surface area contributed by atoms with E-state index in [4.69, 9.17) is 0 Å². The normalized spacial score (nSPS) is 24.4. The lowest BCUT2D eigenvalue weighted by molar-refractivity contribution is -0.130. The Morgan fingerprint density at radius 3 is 2.60 bits per heavy atom. The summed E-state index contributed by atoms with van der Waals surface area (Å²) in [5.41, 5.74) is -0.171. The van der Waals surface area contributed by atoms with E-state index in [1.165, 1.54) is 12.8 Å². The highest BCUT2D eigenvalue weighted by Crippen LogP contribution is 2.29. The fraction of sp³-hybridized carbons (Fsp3) is 0.875. The largest absolute Gasteiger partial charge is 0.351 e. The van der Waals surface area contributed by atoms with E-state index in [1.54, 1.807) is 0 Å². The minimum absolute atomic E-state index is 0.0531. The number of hydrogen-bond donors (Lipinski definition) is 1. The Balaban J connectivity index is 1.90. The average Bonchev–Trinajstić information content (AvgIpc) is 2.96. The summed E-state index contributed by atoms with van der Waals surface area (Å²) in [5, 5.41) is 3.11. The van der Waals surface area contributed by atoms with Crippen molar-refractivity contribution in [2.75, 3.05) is 6.54 Å². The molecule has 0 aromatic carbocycles. The van der Waals surface area contributed by atoms with Crippen LogP contribution in [0.15, 0.2) is 0 Å². The first kappa shape index (κ1) is 15.3. The molecule has 1 atom stereocenters. The Morgan fingerprint density at radius 1 is 1.35 bits per heavy atom. The van der Waals surface area contributed by atoms with Crippen LogP contribution >= 0.6 is 0 Å². The average molecular weight is 280 g/mol. The molecule has 1 N–H and O–H groups in total. The summed E-state index contributed by atoms with van der Waals surface area (Å²) in [4.78, 5) is 26.4. The number of nitrogens with zero attached hydrogens (tertiary/aromatic N) is 1. The molecule has 1 aliphatic carbocycles. The number of carbonyl (C=O) groups is 2. The molecule has 0 spiro atoms. The maximum Gasteiger partial charge on any atom is 0.225 e. The summed E-state index contributed by atoms with van der Waals surface area (Å²) in [6, 6.07) is 0.393. The Hall–Kier alpha value is -1.06. The van der Waals surface area contributed by atoms with E-state index in [0.29, 0.717) is 19.0 Å². The van der Waals surface area contributed by atoms with Crippen molar-refractivity contribution in [3.63, 3.8) is 0 Å². The first-order valence-electron chi connectivity index (χ1n) is 8.04. The molecular formula is C16H28N2O2. The highest BCUT2D eigenvalue weighted by molar-refractivity contribution is 5.89. The zero-order valence-electron chi connectivity index (χ0n) is 13.1. The van der Waals surface area contributed by atoms with Crippen LogP contribution in [0.1, 0.15) is 65.7 Å². The molecule has 0 aromatic heterocycles. The smallest absolute Gasteiger partial charge is 0.225 e. The van der Waals surface area contributed by atoms with Gasteiger partial charge >= 0.3 is 0 Å². The van der Waals surface area contributed by atoms with Gasteiger partial charge in [-0.05, 0) is 33.1 Å². The van der Waals surface area contributed by atoms with Crippen LogP contribution in [0.2, 0.25) is 0 Å². The first-order chi connectivity index (χ1) is 9.43. The van der Waals surface area contributed by atoms with Gasteiger partial charge in [-0.25, -0.2) is 0 Å². The van der Waals surface area contributed by atoms with Gasteiger partial charge in [0.15, 0.2) is 0 Å². The third-order valence-electron chi connectivity index (χ3n) is 4.63. The third-order valence-corrected chi connectivity index (χ3v) is 4.63. The zero-order chi connectivity index (χ0) is 14.8. The van der Waals surface area contributed by atoms with E-state index in [-0.39, 0.29) is 23.3 Å². The maximum atomic E-state index is 12.4. The number of likely N-dealkylation sites (tertiary alicyclic amines) is 1. The molecule has 1 heterocycles. The Kier molecular flexibility index (Phi) is 4.71. The molecule has 4 nitrogen and oxygen atoms in total. The van der Waals surface area contributed by atoms with Crippen molar-refractivity contribution in [1.82, 2.24) is 10.2 Å². The van der Waals surface area contributed by atoms with Gasteiger partial charge in [-0.1, -0.05) is 26.2 Å². The number of hydrogen-bond acceptors (Lipinski definition) is 2. The second-order valence-electron chi connectivity index (χ2n) is 7.01. The maximum absolute atomic E-state index is 12.4. The van der Waals surface area contributed by atoms with Crippen LogP contribution < -0.4 is 5.32 Å². The summed E-state index contributed by atoms with van der Waals surface area (Å²) < 4.78 is 0. The summed E-state index contributed by atoms with van der Waals surface area (Å²) in [6.45, 7) is 6.85. The first-order valence-corrected chi connectivity index (χ1v) is 8.04. The van der Waals surface area contributed by atoms with Crippen molar-refractivity contribution in [2.45, 2.75) is 77.3 Å². The van der Waals surface area contributed by atoms with Crippen molar-refractivity contribution in [1.29, 1.82) is 0 Å². The van der Waals surface area contributed by atoms with Gasteiger partial charge in [-0.2, -0.15) is 0 Å². The second-order valence-corrected chi connectivity index (χ2v) is 7.01. The number of nitrogens with one attached hydrogen (secondary N) is 1. The molecule has 1 aliphatic heterocycles. The second kappa shape index (κ2) is 6.15. The van der Waals surface area contributed by atoms with Crippen molar-refractivity contribution in [2.24, 2.45) is 5.92 Å². The van der Waals surface area contributed by atoms with Crippen molar-refractivity contribution in [3.8, 4) is 0 Å². The lowest BCUT2D eigenvalue weighted by Crippen LogP contribution is -2.46. The lowest BCUT2D eigenvalue weighted by atomic mass is 9.97. The summed E-state index contributed by atoms with van der Waals surface area (Å²) in [6.07, 6.45) is 7.06. The van der Waals surface area contributed by atoms with Gasteiger partial charge in [0, 0.05) is 24.5 Å². The molecule has 0 aromatic rings. The lowest BCUT2D eigenvalue weighted by Gasteiger charge is -2.28. The monoisotopic (exact) mass is 280 g/mol. The molecule has 2 fully saturated rings. The molecule has 2 rings (SSSR count). The number of carbonyl (C=O) groups excluding carboxylic acids is 2. The van der Waals surface area contributed by atoms with Gasteiger partial charge < -0.3 is 10.2 Å². The standard InChI is InChI=1S/C16H28N2O2/c1-4-9-16(2,3)17-15(20)12-10-14(19)18(11-12)13-7-5-6-8-13/h12-13H,4-11H2,1-3H3,(H,17,20). The minimum Gasteiger partial charge on any atom is -0.351 e. The van der Waals surface area contributed by atoms with Crippen molar-refractivity contribution in [3.05, 3.63) is 0 Å². The summed E-state index contributed by atoms with van der Waals surface area (Å²) in [7, 11) is 0. The summed E-state index contributed by atoms with van der Waals surface area (Å²) >= 11 is 0. The van der Waals surface area contributed by atoms with Gasteiger partial charge in [0.1, 0.15) is 0 Å². The van der Waals surface area contributed by atoms with E-state index >= 15 is 0 Å². The van der Waals surface area contributed by atoms with Crippen LogP contribution in [0, 0.1) is 5.92 Å². The SMILES string of the molecule is CCCC(C)(C)NC(=O)C1CC(=O)N(C2CCCC2)C1. The summed E-state index contributed by atoms with van der Waals surface area (Å²) in [5.74, 6) is 0.0712. The third kappa shape index (κ3) is 3.53. The van der Waals surface area contributed by atoms with E-state index in [1.807, 2.05) is 4.90 Å². The number of amides is 2. The van der Waals surface area contributed by atoms with E-state index in [9.17, 15) is 9.59 Å². The molecular weight excluding hydrogens is 252 g/mol. The van der Waals surface area contributed by atoms with Crippen LogP contribution in [0.3, 0.4) is 0 Å². The molecule has 4 heteroatoms. The van der Waals surface area contributed by atoms with Crippen molar-refractivity contribution < 1.29 is 9.59 Å². The molecule has 0 radical (unpaired) electrons. The van der Waals surface area contributed by atoms with Gasteiger partial charge in [-0.3, -0.25) is 9.59 Å². The fourth-order valence-electron chi connectivity index (χ4n) is 3.60. The topological polar surface area (TPSA) is 49.4 Å². The van der Waals surface area contributed by atoms with Gasteiger partial charge in [0.2, 0.25) is 11.8 Å². The highest BCUT2D eigenvalue weighted by atomic mass is 16.2. The Bertz CT molecular complexity index is 373. The molecule has 20 heavy (non-hydrogen) atoms. The minimum atomic E-state index is -0.171. The molecule has 1 saturated carbocycles. The predicted molar refractivity (Wildman–Crippen MR) is 79.2 cm³/mol. The zero-order valence-corrected chi connectivity index (χ0v) is 13.1. The Labute approximate surface area is 122 Å². The van der Waals surface area contributed by atoms with E-state index in [0.717, 1.165) is 25.7 Å². The molecule has 1 saturated heterocycles. The predicted octanol–water partition coefficient (Wildman–Crippen LogP) is 2.47. The Morgan fingerprint density at radius 2 is 2.00 bits per heavy atom. The van der Waals surface area contributed by atoms with Crippen molar-refractivity contribution >= 4 is 11.8 Å². The quantitative estimate of drug-likeness (QED) is 0.841. The highest BCUT2D eigenvalue weighted by Gasteiger charge is 2.39. The van der Waals surface area contributed by atoms with Crippen LogP contribution in [-0.2, 0) is 9.59 Å². The molecule has 2 amide bonds. The molecule has 114 valence electrons. The van der Waals surface area contributed by atoms with Gasteiger partial charge in [0.25, 0.3) is 0 Å². The van der Waals surface area contributed by atoms with E-state index < -0.39 is 0 Å². The van der Waals surface area contributed by atoms with Crippen LogP contribution in [0.4, 0.5) is 0 Å². The van der Waals surface area contributed by atoms with Crippen LogP contribution in [0.5, 0.6) is 0 Å². The molecule has 2 aliphatic rings. The van der Waals surface area contributed by atoms with Gasteiger partial charge in [0.05, 0.1) is 5.92 Å². The number of rotatable bonds is 5. The van der Waals surface area contributed by atoms with E-state index in [2.05, 4.69) is 26.1 Å². The van der Waals surface area contributed by atoms with Crippen LogP contribution in [-0.4, -0.2) is 34.8 Å².